The van der Waals surface area contributed by atoms with Crippen LogP contribution < -0.4 is 0 Å². The number of nitrogens with zero attached hydrogens (tertiary/aromatic N) is 2. The smallest absolute Gasteiger partial charge is 0.263 e. The van der Waals surface area contributed by atoms with Crippen molar-refractivity contribution in [3.05, 3.63) is 64.1 Å². The molecular weight excluding hydrogens is 368 g/mol. The van der Waals surface area contributed by atoms with E-state index in [-0.39, 0.29) is 10.6 Å². The number of halogens is 1. The molecule has 0 N–H and O–H groups in total. The fraction of sp³-hybridized carbons (Fsp3) is 0.0667. The second-order valence-corrected chi connectivity index (χ2v) is 6.76. The van der Waals surface area contributed by atoms with E-state index in [2.05, 4.69) is 25.4 Å². The highest BCUT2D eigenvalue weighted by Gasteiger charge is 2.17. The number of rotatable bonds is 4. The van der Waals surface area contributed by atoms with Gasteiger partial charge < -0.3 is 0 Å². The first kappa shape index (κ1) is 16.2. The zero-order chi connectivity index (χ0) is 16.2. The summed E-state index contributed by atoms with van der Waals surface area (Å²) in [7, 11) is -4.06. The number of oxime groups is 1. The molecule has 0 aliphatic carbocycles. The van der Waals surface area contributed by atoms with E-state index in [1.54, 1.807) is 36.4 Å². The van der Waals surface area contributed by atoms with E-state index in [1.165, 1.54) is 12.1 Å². The molecule has 0 saturated heterocycles. The molecule has 112 valence electrons. The molecule has 2 aromatic rings. The Morgan fingerprint density at radius 2 is 1.82 bits per heavy atom. The first-order chi connectivity index (χ1) is 10.4. The van der Waals surface area contributed by atoms with Gasteiger partial charge in [0, 0.05) is 10.0 Å². The summed E-state index contributed by atoms with van der Waals surface area (Å²) in [4.78, 5) is -0.0220. The molecule has 0 amide bonds. The SMILES string of the molecule is Cc1ccc(S(=O)(=O)O/N=C(\C#N)c2ccccc2Br)cc1. The molecule has 0 fully saturated rings. The van der Waals surface area contributed by atoms with Crippen molar-refractivity contribution in [3.8, 4) is 6.07 Å². The Kier molecular flexibility index (Phi) is 4.96. The summed E-state index contributed by atoms with van der Waals surface area (Å²) >= 11 is 3.27. The lowest BCUT2D eigenvalue weighted by Crippen LogP contribution is -2.06. The Bertz CT molecular complexity index is 853. The van der Waals surface area contributed by atoms with Crippen LogP contribution in [0.15, 0.2) is 63.1 Å². The predicted octanol–water partition coefficient (Wildman–Crippen LogP) is 3.39. The van der Waals surface area contributed by atoms with E-state index < -0.39 is 10.1 Å². The fourth-order valence-corrected chi connectivity index (χ4v) is 2.82. The van der Waals surface area contributed by atoms with Crippen LogP contribution in [0.2, 0.25) is 0 Å². The van der Waals surface area contributed by atoms with Gasteiger partial charge in [-0.2, -0.15) is 13.7 Å². The van der Waals surface area contributed by atoms with Crippen molar-refractivity contribution < 1.29 is 12.7 Å². The molecule has 2 rings (SSSR count). The van der Waals surface area contributed by atoms with Gasteiger partial charge in [0.2, 0.25) is 0 Å². The number of benzene rings is 2. The molecule has 0 aromatic heterocycles. The zero-order valence-electron chi connectivity index (χ0n) is 11.5. The summed E-state index contributed by atoms with van der Waals surface area (Å²) < 4.78 is 29.3. The van der Waals surface area contributed by atoms with Gasteiger partial charge in [0.1, 0.15) is 11.0 Å². The van der Waals surface area contributed by atoms with Gasteiger partial charge in [0.15, 0.2) is 5.71 Å². The van der Waals surface area contributed by atoms with Gasteiger partial charge in [-0.3, -0.25) is 4.28 Å². The van der Waals surface area contributed by atoms with Crippen molar-refractivity contribution in [1.29, 1.82) is 5.26 Å². The van der Waals surface area contributed by atoms with Crippen molar-refractivity contribution in [2.75, 3.05) is 0 Å². The summed E-state index contributed by atoms with van der Waals surface area (Å²) in [5, 5.41) is 12.6. The Balaban J connectivity index is 2.31. The van der Waals surface area contributed by atoms with E-state index in [9.17, 15) is 8.42 Å². The Hall–Kier alpha value is -2.17. The molecule has 2 aromatic carbocycles. The van der Waals surface area contributed by atoms with Crippen LogP contribution >= 0.6 is 15.9 Å². The second-order valence-electron chi connectivity index (χ2n) is 4.37. The maximum atomic E-state index is 12.0. The van der Waals surface area contributed by atoms with Crippen molar-refractivity contribution in [2.24, 2.45) is 5.16 Å². The number of aryl methyl sites for hydroxylation is 1. The first-order valence-electron chi connectivity index (χ1n) is 6.17. The molecule has 0 radical (unpaired) electrons. The lowest BCUT2D eigenvalue weighted by molar-refractivity contribution is 0.339. The highest BCUT2D eigenvalue weighted by atomic mass is 79.9. The van der Waals surface area contributed by atoms with Gasteiger partial charge in [0.25, 0.3) is 0 Å². The molecule has 0 spiro atoms. The van der Waals surface area contributed by atoms with Gasteiger partial charge in [-0.25, -0.2) is 0 Å². The van der Waals surface area contributed by atoms with Crippen LogP contribution in [0, 0.1) is 18.3 Å². The Labute approximate surface area is 137 Å². The average molecular weight is 379 g/mol. The van der Waals surface area contributed by atoms with Crippen molar-refractivity contribution >= 4 is 31.8 Å². The quantitative estimate of drug-likeness (QED) is 0.603. The minimum atomic E-state index is -4.06. The molecule has 0 bridgehead atoms. The standard InChI is InChI=1S/C15H11BrN2O3S/c1-11-6-8-12(9-7-11)22(19,20)21-18-15(10-17)13-4-2-3-5-14(13)16/h2-9H,1H3/b18-15+. The molecule has 0 saturated carbocycles. The van der Waals surface area contributed by atoms with E-state index in [0.29, 0.717) is 10.0 Å². The van der Waals surface area contributed by atoms with Crippen LogP contribution in [-0.2, 0) is 14.4 Å². The van der Waals surface area contributed by atoms with E-state index in [0.717, 1.165) is 5.56 Å². The van der Waals surface area contributed by atoms with Crippen LogP contribution in [0.1, 0.15) is 11.1 Å². The molecule has 7 heteroatoms. The van der Waals surface area contributed by atoms with Gasteiger partial charge >= 0.3 is 10.1 Å². The van der Waals surface area contributed by atoms with Crippen LogP contribution in [0.25, 0.3) is 0 Å². The minimum absolute atomic E-state index is 0.0220. The topological polar surface area (TPSA) is 79.5 Å². The summed E-state index contributed by atoms with van der Waals surface area (Å²) in [6, 6.07) is 14.8. The van der Waals surface area contributed by atoms with Crippen molar-refractivity contribution in [2.45, 2.75) is 11.8 Å². The molecule has 0 unspecified atom stereocenters. The number of hydrogen-bond donors (Lipinski definition) is 0. The molecule has 5 nitrogen and oxygen atoms in total. The maximum Gasteiger partial charge on any atom is 0.358 e. The predicted molar refractivity (Wildman–Crippen MR) is 85.7 cm³/mol. The maximum absolute atomic E-state index is 12.0. The van der Waals surface area contributed by atoms with Crippen LogP contribution in [0.5, 0.6) is 0 Å². The monoisotopic (exact) mass is 378 g/mol. The van der Waals surface area contributed by atoms with Gasteiger partial charge in [-0.15, -0.1) is 0 Å². The third kappa shape index (κ3) is 3.72. The molecule has 0 heterocycles. The van der Waals surface area contributed by atoms with E-state index in [4.69, 9.17) is 5.26 Å². The summed E-state index contributed by atoms with van der Waals surface area (Å²) in [5.74, 6) is 0. The van der Waals surface area contributed by atoms with Gasteiger partial charge in [-0.05, 0) is 25.1 Å². The lowest BCUT2D eigenvalue weighted by Gasteiger charge is -2.04. The Morgan fingerprint density at radius 3 is 2.41 bits per heavy atom. The van der Waals surface area contributed by atoms with Crippen molar-refractivity contribution in [3.63, 3.8) is 0 Å². The second kappa shape index (κ2) is 6.73. The minimum Gasteiger partial charge on any atom is -0.263 e. The molecular formula is C15H11BrN2O3S. The number of nitriles is 1. The Morgan fingerprint density at radius 1 is 1.18 bits per heavy atom. The molecule has 0 aliphatic rings. The molecule has 0 atom stereocenters. The highest BCUT2D eigenvalue weighted by molar-refractivity contribution is 9.10. The first-order valence-corrected chi connectivity index (χ1v) is 8.37. The molecule has 22 heavy (non-hydrogen) atoms. The summed E-state index contributed by atoms with van der Waals surface area (Å²) in [6.45, 7) is 1.84. The third-order valence-electron chi connectivity index (χ3n) is 2.77. The summed E-state index contributed by atoms with van der Waals surface area (Å²) in [6.07, 6.45) is 0. The van der Waals surface area contributed by atoms with Crippen LogP contribution in [-0.4, -0.2) is 14.1 Å². The van der Waals surface area contributed by atoms with Gasteiger partial charge in [0.05, 0.1) is 0 Å². The van der Waals surface area contributed by atoms with Gasteiger partial charge in [-0.1, -0.05) is 57.0 Å². The third-order valence-corrected chi connectivity index (χ3v) is 4.58. The lowest BCUT2D eigenvalue weighted by atomic mass is 10.1. The van der Waals surface area contributed by atoms with Crippen LogP contribution in [0.3, 0.4) is 0 Å². The average Bonchev–Trinajstić information content (AvgIpc) is 2.50. The number of hydrogen-bond acceptors (Lipinski definition) is 5. The van der Waals surface area contributed by atoms with E-state index >= 15 is 0 Å². The highest BCUT2D eigenvalue weighted by Crippen LogP contribution is 2.18. The fourth-order valence-electron chi connectivity index (χ4n) is 1.62. The molecule has 0 aliphatic heterocycles. The van der Waals surface area contributed by atoms with E-state index in [1.807, 2.05) is 13.0 Å². The van der Waals surface area contributed by atoms with Crippen LogP contribution in [0.4, 0.5) is 0 Å². The normalized spacial score (nSPS) is 11.8. The summed E-state index contributed by atoms with van der Waals surface area (Å²) in [5.41, 5.74) is 1.24. The largest absolute Gasteiger partial charge is 0.358 e. The van der Waals surface area contributed by atoms with Crippen molar-refractivity contribution in [1.82, 2.24) is 0 Å². The zero-order valence-corrected chi connectivity index (χ0v) is 13.9.